The average Bonchev–Trinajstić information content (AvgIpc) is 3.18. The van der Waals surface area contributed by atoms with E-state index in [0.717, 1.165) is 18.4 Å². The van der Waals surface area contributed by atoms with Crippen LogP contribution < -0.4 is 0 Å². The molecule has 1 aromatic carbocycles. The number of amides is 2. The van der Waals surface area contributed by atoms with Gasteiger partial charge in [0.25, 0.3) is 0 Å². The minimum absolute atomic E-state index is 0.0810. The van der Waals surface area contributed by atoms with Crippen molar-refractivity contribution in [2.45, 2.75) is 95.8 Å². The highest BCUT2D eigenvalue weighted by Gasteiger charge is 2.45. The molecule has 33 heavy (non-hydrogen) atoms. The number of cyclic esters (lactones) is 1. The van der Waals surface area contributed by atoms with Crippen molar-refractivity contribution < 1.29 is 14.3 Å². The Hall–Kier alpha value is -2.14. The van der Waals surface area contributed by atoms with Crippen molar-refractivity contribution in [3.05, 3.63) is 48.6 Å². The minimum atomic E-state index is -0.482. The fourth-order valence-electron chi connectivity index (χ4n) is 6.42. The van der Waals surface area contributed by atoms with E-state index in [0.29, 0.717) is 36.8 Å². The van der Waals surface area contributed by atoms with E-state index in [1.807, 2.05) is 36.4 Å². The van der Waals surface area contributed by atoms with E-state index in [2.05, 4.69) is 25.3 Å². The highest BCUT2D eigenvalue weighted by Crippen LogP contribution is 2.40. The Morgan fingerprint density at radius 1 is 1.12 bits per heavy atom. The van der Waals surface area contributed by atoms with Crippen LogP contribution in [0.25, 0.3) is 0 Å². The van der Waals surface area contributed by atoms with Gasteiger partial charge in [0.1, 0.15) is 6.61 Å². The molecule has 4 rings (SSSR count). The van der Waals surface area contributed by atoms with Crippen LogP contribution in [0.3, 0.4) is 0 Å². The molecule has 0 aromatic heterocycles. The summed E-state index contributed by atoms with van der Waals surface area (Å²) >= 11 is 0. The van der Waals surface area contributed by atoms with E-state index in [-0.39, 0.29) is 24.6 Å². The van der Waals surface area contributed by atoms with E-state index in [1.165, 1.54) is 37.0 Å². The number of likely N-dealkylation sites (tertiary alicyclic amines) is 1. The maximum absolute atomic E-state index is 13.6. The van der Waals surface area contributed by atoms with E-state index < -0.39 is 6.09 Å². The van der Waals surface area contributed by atoms with E-state index in [1.54, 1.807) is 0 Å². The highest BCUT2D eigenvalue weighted by atomic mass is 16.6. The first-order chi connectivity index (χ1) is 16.0. The summed E-state index contributed by atoms with van der Waals surface area (Å²) in [6.07, 6.45) is 11.0. The van der Waals surface area contributed by atoms with Crippen molar-refractivity contribution in [3.63, 3.8) is 0 Å². The first kappa shape index (κ1) is 24.0. The van der Waals surface area contributed by atoms with Crippen molar-refractivity contribution in [2.75, 3.05) is 6.61 Å². The number of hydrogen-bond donors (Lipinski definition) is 0. The van der Waals surface area contributed by atoms with Gasteiger partial charge >= 0.3 is 6.09 Å². The van der Waals surface area contributed by atoms with E-state index in [4.69, 9.17) is 4.74 Å². The Bertz CT molecular complexity index is 820. The molecule has 5 heteroatoms. The number of benzene rings is 1. The Labute approximate surface area is 199 Å². The number of carbonyl (C=O) groups is 2. The lowest BCUT2D eigenvalue weighted by molar-refractivity contribution is -0.133. The molecule has 1 aromatic rings. The summed E-state index contributed by atoms with van der Waals surface area (Å²) in [5, 5.41) is 0. The topological polar surface area (TPSA) is 49.9 Å². The van der Waals surface area contributed by atoms with Gasteiger partial charge in [0.15, 0.2) is 0 Å². The number of piperidine rings is 1. The SMILES string of the molecule is C=CCC1C[C@@H](C)[C@H](C)[C@H](CC(=O)N2C(=O)OC[C@@H]2Cc2ccccc2)N1C1CCCCC1. The van der Waals surface area contributed by atoms with Gasteiger partial charge in [0.2, 0.25) is 5.91 Å². The standard InChI is InChI=1S/C28H40N2O3/c1-4-11-24-16-20(2)21(3)26(29(24)23-14-9-6-10-15-23)18-27(31)30-25(19-33-28(30)32)17-22-12-7-5-8-13-22/h4-5,7-8,12-13,20-21,23-26H,1,6,9-11,14-19H2,2-3H3/t20-,21+,24?,25+,26+/m1/s1. The molecule has 2 heterocycles. The molecule has 2 saturated heterocycles. The maximum atomic E-state index is 13.6. The summed E-state index contributed by atoms with van der Waals surface area (Å²) in [4.78, 5) is 30.4. The maximum Gasteiger partial charge on any atom is 0.416 e. The third kappa shape index (κ3) is 5.34. The van der Waals surface area contributed by atoms with Gasteiger partial charge < -0.3 is 4.74 Å². The number of imide groups is 1. The molecule has 180 valence electrons. The molecule has 1 unspecified atom stereocenters. The van der Waals surface area contributed by atoms with Crippen molar-refractivity contribution in [1.29, 1.82) is 0 Å². The average molecular weight is 453 g/mol. The van der Waals surface area contributed by atoms with Gasteiger partial charge in [-0.2, -0.15) is 0 Å². The molecule has 1 saturated carbocycles. The van der Waals surface area contributed by atoms with Crippen LogP contribution in [0.1, 0.15) is 70.8 Å². The number of nitrogens with zero attached hydrogens (tertiary/aromatic N) is 2. The molecule has 0 radical (unpaired) electrons. The molecular weight excluding hydrogens is 412 g/mol. The summed E-state index contributed by atoms with van der Waals surface area (Å²) in [5.41, 5.74) is 1.12. The fourth-order valence-corrected chi connectivity index (χ4v) is 6.42. The third-order valence-corrected chi connectivity index (χ3v) is 8.32. The smallest absolute Gasteiger partial charge is 0.416 e. The molecule has 0 N–H and O–H groups in total. The predicted octanol–water partition coefficient (Wildman–Crippen LogP) is 5.59. The zero-order chi connectivity index (χ0) is 23.4. The second kappa shape index (κ2) is 10.9. The lowest BCUT2D eigenvalue weighted by Crippen LogP contribution is -2.59. The van der Waals surface area contributed by atoms with Crippen LogP contribution in [-0.4, -0.2) is 52.6 Å². The van der Waals surface area contributed by atoms with Gasteiger partial charge in [-0.1, -0.05) is 69.5 Å². The van der Waals surface area contributed by atoms with Crippen LogP contribution in [0.4, 0.5) is 4.79 Å². The fraction of sp³-hybridized carbons (Fsp3) is 0.643. The van der Waals surface area contributed by atoms with Crippen molar-refractivity contribution in [2.24, 2.45) is 11.8 Å². The van der Waals surface area contributed by atoms with Gasteiger partial charge in [-0.05, 0) is 49.5 Å². The molecule has 5 nitrogen and oxygen atoms in total. The van der Waals surface area contributed by atoms with Gasteiger partial charge in [-0.25, -0.2) is 9.69 Å². The Balaban J connectivity index is 1.54. The lowest BCUT2D eigenvalue weighted by Gasteiger charge is -2.52. The molecular formula is C28H40N2O3. The molecule has 0 spiro atoms. The number of ether oxygens (including phenoxy) is 1. The van der Waals surface area contributed by atoms with E-state index >= 15 is 0 Å². The summed E-state index contributed by atoms with van der Waals surface area (Å²) in [5.74, 6) is 0.865. The normalized spacial score (nSPS) is 31.4. The van der Waals surface area contributed by atoms with Crippen LogP contribution in [-0.2, 0) is 16.0 Å². The largest absolute Gasteiger partial charge is 0.447 e. The minimum Gasteiger partial charge on any atom is -0.447 e. The number of hydrogen-bond acceptors (Lipinski definition) is 4. The van der Waals surface area contributed by atoms with Crippen molar-refractivity contribution in [3.8, 4) is 0 Å². The predicted molar refractivity (Wildman–Crippen MR) is 131 cm³/mol. The number of carbonyl (C=O) groups excluding carboxylic acids is 2. The van der Waals surface area contributed by atoms with Gasteiger partial charge in [-0.15, -0.1) is 6.58 Å². The summed E-state index contributed by atoms with van der Waals surface area (Å²) in [7, 11) is 0. The molecule has 3 aliphatic rings. The van der Waals surface area contributed by atoms with Crippen LogP contribution >= 0.6 is 0 Å². The number of rotatable bonds is 7. The van der Waals surface area contributed by atoms with Crippen LogP contribution in [0.2, 0.25) is 0 Å². The van der Waals surface area contributed by atoms with Crippen molar-refractivity contribution in [1.82, 2.24) is 9.80 Å². The molecule has 1 aliphatic carbocycles. The van der Waals surface area contributed by atoms with E-state index in [9.17, 15) is 9.59 Å². The third-order valence-electron chi connectivity index (χ3n) is 8.32. The monoisotopic (exact) mass is 452 g/mol. The quantitative estimate of drug-likeness (QED) is 0.506. The summed E-state index contributed by atoms with van der Waals surface area (Å²) in [6, 6.07) is 10.9. The highest BCUT2D eigenvalue weighted by molar-refractivity contribution is 5.93. The molecule has 5 atom stereocenters. The van der Waals surface area contributed by atoms with Crippen molar-refractivity contribution >= 4 is 12.0 Å². The van der Waals surface area contributed by atoms with Gasteiger partial charge in [0.05, 0.1) is 6.04 Å². The van der Waals surface area contributed by atoms with Crippen LogP contribution in [0.15, 0.2) is 43.0 Å². The second-order valence-corrected chi connectivity index (χ2v) is 10.4. The first-order valence-electron chi connectivity index (χ1n) is 12.9. The molecule has 3 fully saturated rings. The summed E-state index contributed by atoms with van der Waals surface area (Å²) < 4.78 is 5.35. The van der Waals surface area contributed by atoms with Crippen LogP contribution in [0.5, 0.6) is 0 Å². The van der Waals surface area contributed by atoms with Gasteiger partial charge in [0, 0.05) is 24.5 Å². The summed E-state index contributed by atoms with van der Waals surface area (Å²) in [6.45, 7) is 8.92. The van der Waals surface area contributed by atoms with Gasteiger partial charge in [-0.3, -0.25) is 9.69 Å². The molecule has 2 aliphatic heterocycles. The Morgan fingerprint density at radius 3 is 2.55 bits per heavy atom. The zero-order valence-corrected chi connectivity index (χ0v) is 20.3. The zero-order valence-electron chi connectivity index (χ0n) is 20.3. The lowest BCUT2D eigenvalue weighted by atomic mass is 9.74. The second-order valence-electron chi connectivity index (χ2n) is 10.4. The molecule has 2 amide bonds. The molecule has 0 bridgehead atoms. The Kier molecular flexibility index (Phi) is 7.90. The Morgan fingerprint density at radius 2 is 1.85 bits per heavy atom. The van der Waals surface area contributed by atoms with Crippen LogP contribution in [0, 0.1) is 11.8 Å². The first-order valence-corrected chi connectivity index (χ1v) is 12.9.